The third-order valence-corrected chi connectivity index (χ3v) is 3.46. The molecule has 0 unspecified atom stereocenters. The maximum atomic E-state index is 11.9. The van der Waals surface area contributed by atoms with Crippen molar-refractivity contribution < 1.29 is 4.52 Å². The molecule has 3 aromatic rings. The Bertz CT molecular complexity index is 806. The van der Waals surface area contributed by atoms with E-state index in [0.717, 1.165) is 10.0 Å². The summed E-state index contributed by atoms with van der Waals surface area (Å²) >= 11 is 3.38. The molecule has 6 heteroatoms. The molecular weight excluding hydrogens is 322 g/mol. The minimum Gasteiger partial charge on any atom is -0.367 e. The first-order valence-electron chi connectivity index (χ1n) is 5.85. The van der Waals surface area contributed by atoms with Crippen molar-refractivity contribution in [1.29, 1.82) is 0 Å². The Morgan fingerprint density at radius 3 is 2.65 bits per heavy atom. The number of aromatic nitrogens is 2. The summed E-state index contributed by atoms with van der Waals surface area (Å²) in [6.07, 6.45) is 3.15. The van der Waals surface area contributed by atoms with Gasteiger partial charge in [0.1, 0.15) is 5.69 Å². The summed E-state index contributed by atoms with van der Waals surface area (Å²) in [5.41, 5.74) is 8.02. The lowest BCUT2D eigenvalue weighted by molar-refractivity contribution is 0.439. The second kappa shape index (κ2) is 4.97. The van der Waals surface area contributed by atoms with Crippen molar-refractivity contribution in [2.45, 2.75) is 0 Å². The van der Waals surface area contributed by atoms with E-state index in [1.807, 2.05) is 24.3 Å². The van der Waals surface area contributed by atoms with E-state index in [1.165, 1.54) is 6.07 Å². The maximum absolute atomic E-state index is 11.9. The number of pyridine rings is 1. The molecule has 1 aromatic carbocycles. The highest BCUT2D eigenvalue weighted by atomic mass is 79.9. The number of H-pyrrole nitrogens is 1. The lowest BCUT2D eigenvalue weighted by Gasteiger charge is -2.02. The first kappa shape index (κ1) is 12.7. The molecule has 0 bridgehead atoms. The molecule has 3 N–H and O–H groups in total. The molecule has 0 fully saturated rings. The van der Waals surface area contributed by atoms with Gasteiger partial charge in [-0.2, -0.15) is 0 Å². The number of nitrogen functional groups attached to an aromatic ring is 1. The predicted molar refractivity (Wildman–Crippen MR) is 80.1 cm³/mol. The number of aromatic amines is 1. The summed E-state index contributed by atoms with van der Waals surface area (Å²) in [7, 11) is 0. The van der Waals surface area contributed by atoms with Gasteiger partial charge in [-0.05, 0) is 17.7 Å². The molecule has 0 aliphatic carbocycles. The zero-order valence-electron chi connectivity index (χ0n) is 10.3. The van der Waals surface area contributed by atoms with Gasteiger partial charge in [0.2, 0.25) is 5.88 Å². The molecule has 2 aromatic heterocycles. The van der Waals surface area contributed by atoms with Gasteiger partial charge in [-0.25, -0.2) is 0 Å². The average Bonchev–Trinajstić information content (AvgIpc) is 2.82. The maximum Gasteiger partial charge on any atom is 0.230 e. The fourth-order valence-electron chi connectivity index (χ4n) is 1.98. The van der Waals surface area contributed by atoms with Gasteiger partial charge < -0.3 is 15.2 Å². The topological polar surface area (TPSA) is 84.9 Å². The highest BCUT2D eigenvalue weighted by Crippen LogP contribution is 2.35. The number of nitrogens with zero attached hydrogens (tertiary/aromatic N) is 1. The van der Waals surface area contributed by atoms with Crippen molar-refractivity contribution in [2.24, 2.45) is 0 Å². The molecule has 3 rings (SSSR count). The molecule has 20 heavy (non-hydrogen) atoms. The second-order valence-corrected chi connectivity index (χ2v) is 5.12. The van der Waals surface area contributed by atoms with Crippen LogP contribution in [-0.2, 0) is 0 Å². The van der Waals surface area contributed by atoms with Crippen molar-refractivity contribution in [3.05, 3.63) is 57.4 Å². The summed E-state index contributed by atoms with van der Waals surface area (Å²) in [4.78, 5) is 14.8. The summed E-state index contributed by atoms with van der Waals surface area (Å²) in [6.45, 7) is 0. The third kappa shape index (κ3) is 2.14. The van der Waals surface area contributed by atoms with E-state index >= 15 is 0 Å². The van der Waals surface area contributed by atoms with Crippen molar-refractivity contribution in [3.63, 3.8) is 0 Å². The number of benzene rings is 1. The van der Waals surface area contributed by atoms with E-state index in [1.54, 1.807) is 12.4 Å². The van der Waals surface area contributed by atoms with Gasteiger partial charge in [0.05, 0.1) is 11.1 Å². The molecule has 100 valence electrons. The molecule has 0 aliphatic rings. The molecule has 0 radical (unpaired) electrons. The van der Waals surface area contributed by atoms with E-state index in [4.69, 9.17) is 10.3 Å². The van der Waals surface area contributed by atoms with Gasteiger partial charge >= 0.3 is 0 Å². The number of nitrogens with one attached hydrogen (secondary N) is 1. The number of hydrogen-bond acceptors (Lipinski definition) is 4. The Hall–Kier alpha value is -2.34. The monoisotopic (exact) mass is 331 g/mol. The minimum absolute atomic E-state index is 0.143. The van der Waals surface area contributed by atoms with Crippen LogP contribution in [0.15, 0.2) is 56.5 Å². The number of anilines is 1. The van der Waals surface area contributed by atoms with Crippen molar-refractivity contribution in [3.8, 4) is 22.4 Å². The molecule has 0 atom stereocenters. The highest BCUT2D eigenvalue weighted by Gasteiger charge is 2.19. The fraction of sp³-hybridized carbons (Fsp3) is 0. The Morgan fingerprint density at radius 2 is 1.95 bits per heavy atom. The lowest BCUT2D eigenvalue weighted by Crippen LogP contribution is -2.03. The van der Waals surface area contributed by atoms with Gasteiger partial charge in [-0.1, -0.05) is 33.2 Å². The summed E-state index contributed by atoms with van der Waals surface area (Å²) in [6, 6.07) is 8.98. The van der Waals surface area contributed by atoms with Crippen LogP contribution < -0.4 is 11.2 Å². The van der Waals surface area contributed by atoms with Crippen molar-refractivity contribution >= 4 is 21.8 Å². The summed E-state index contributed by atoms with van der Waals surface area (Å²) in [5, 5.41) is 3.91. The van der Waals surface area contributed by atoms with E-state index in [9.17, 15) is 4.79 Å². The van der Waals surface area contributed by atoms with Gasteiger partial charge in [-0.15, -0.1) is 0 Å². The largest absolute Gasteiger partial charge is 0.367 e. The van der Waals surface area contributed by atoms with Crippen LogP contribution in [0.25, 0.3) is 22.4 Å². The molecule has 0 spiro atoms. The normalized spacial score (nSPS) is 10.7. The first-order chi connectivity index (χ1) is 9.66. The number of rotatable bonds is 2. The second-order valence-electron chi connectivity index (χ2n) is 4.20. The molecule has 0 saturated carbocycles. The Morgan fingerprint density at radius 1 is 1.20 bits per heavy atom. The highest BCUT2D eigenvalue weighted by molar-refractivity contribution is 9.10. The Labute approximate surface area is 122 Å². The molecule has 0 amide bonds. The smallest absolute Gasteiger partial charge is 0.230 e. The van der Waals surface area contributed by atoms with Crippen LogP contribution in [0, 0.1) is 0 Å². The van der Waals surface area contributed by atoms with E-state index in [2.05, 4.69) is 26.1 Å². The van der Waals surface area contributed by atoms with Crippen LogP contribution in [0.3, 0.4) is 0 Å². The number of nitrogens with two attached hydrogens (primary N) is 1. The molecule has 2 heterocycles. The summed E-state index contributed by atoms with van der Waals surface area (Å²) in [5.74, 6) is 0.186. The van der Waals surface area contributed by atoms with E-state index in [0.29, 0.717) is 16.8 Å². The van der Waals surface area contributed by atoms with Gasteiger partial charge in [0.25, 0.3) is 0 Å². The minimum atomic E-state index is -0.143. The zero-order valence-corrected chi connectivity index (χ0v) is 11.8. The molecule has 5 nitrogen and oxygen atoms in total. The Balaban J connectivity index is 2.23. The van der Waals surface area contributed by atoms with Crippen LogP contribution in [0.5, 0.6) is 0 Å². The quantitative estimate of drug-likeness (QED) is 0.755. The van der Waals surface area contributed by atoms with Crippen LogP contribution in [0.4, 0.5) is 5.88 Å². The van der Waals surface area contributed by atoms with Gasteiger partial charge in [0, 0.05) is 22.9 Å². The first-order valence-corrected chi connectivity index (χ1v) is 6.64. The molecular formula is C14H10BrN3O2. The standard InChI is InChI=1S/C14H10BrN3O2/c15-9-3-1-8(2-4-9)12-13(18-20-14(12)16)10-7-17-6-5-11(10)19/h1-7H,16H2,(H,17,19). The molecule has 0 aliphatic heterocycles. The van der Waals surface area contributed by atoms with Gasteiger partial charge in [-0.3, -0.25) is 4.79 Å². The van der Waals surface area contributed by atoms with Gasteiger partial charge in [0.15, 0.2) is 5.43 Å². The fourth-order valence-corrected chi connectivity index (χ4v) is 2.25. The average molecular weight is 332 g/mol. The number of halogens is 1. The van der Waals surface area contributed by atoms with Crippen molar-refractivity contribution in [2.75, 3.05) is 5.73 Å². The van der Waals surface area contributed by atoms with Crippen LogP contribution in [-0.4, -0.2) is 10.1 Å². The summed E-state index contributed by atoms with van der Waals surface area (Å²) < 4.78 is 6.01. The number of hydrogen-bond donors (Lipinski definition) is 2. The van der Waals surface area contributed by atoms with Crippen LogP contribution in [0.1, 0.15) is 0 Å². The van der Waals surface area contributed by atoms with E-state index < -0.39 is 0 Å². The lowest BCUT2D eigenvalue weighted by atomic mass is 10.0. The third-order valence-electron chi connectivity index (χ3n) is 2.93. The van der Waals surface area contributed by atoms with E-state index in [-0.39, 0.29) is 11.3 Å². The SMILES string of the molecule is Nc1onc(-c2c[nH]ccc2=O)c1-c1ccc(Br)cc1. The van der Waals surface area contributed by atoms with Crippen molar-refractivity contribution in [1.82, 2.24) is 10.1 Å². The zero-order chi connectivity index (χ0) is 14.1. The Kier molecular flexibility index (Phi) is 3.15. The van der Waals surface area contributed by atoms with Crippen LogP contribution >= 0.6 is 15.9 Å². The van der Waals surface area contributed by atoms with Crippen LogP contribution in [0.2, 0.25) is 0 Å². The predicted octanol–water partition coefficient (Wildman–Crippen LogP) is 3.04. The molecule has 0 saturated heterocycles.